The molecule has 2 heterocycles. The maximum absolute atomic E-state index is 14.7. The van der Waals surface area contributed by atoms with Crippen LogP contribution >= 0.6 is 0 Å². The van der Waals surface area contributed by atoms with Crippen LogP contribution in [0, 0.1) is 11.6 Å². The van der Waals surface area contributed by atoms with Crippen molar-refractivity contribution in [2.75, 3.05) is 7.11 Å². The summed E-state index contributed by atoms with van der Waals surface area (Å²) in [7, 11) is 1.63. The number of methoxy groups -OCH3 is 1. The number of fused-ring (bicyclic) bond motifs is 3. The van der Waals surface area contributed by atoms with Gasteiger partial charge in [-0.15, -0.1) is 0 Å². The monoisotopic (exact) mass is 460 g/mol. The molecular formula is C28H26F2N2O2. The summed E-state index contributed by atoms with van der Waals surface area (Å²) in [6.45, 7) is 0.637. The van der Waals surface area contributed by atoms with Crippen molar-refractivity contribution in [2.24, 2.45) is 0 Å². The van der Waals surface area contributed by atoms with Crippen molar-refractivity contribution < 1.29 is 18.3 Å². The molecule has 0 aliphatic carbocycles. The van der Waals surface area contributed by atoms with Gasteiger partial charge in [-0.1, -0.05) is 18.2 Å². The molecule has 0 bridgehead atoms. The lowest BCUT2D eigenvalue weighted by molar-refractivity contribution is 0.0978. The van der Waals surface area contributed by atoms with Crippen LogP contribution in [-0.2, 0) is 13.0 Å². The molecular weight excluding hydrogens is 434 g/mol. The highest BCUT2D eigenvalue weighted by Crippen LogP contribution is 2.37. The molecule has 3 aromatic carbocycles. The van der Waals surface area contributed by atoms with E-state index in [1.54, 1.807) is 7.11 Å². The van der Waals surface area contributed by atoms with E-state index in [0.717, 1.165) is 52.8 Å². The van der Waals surface area contributed by atoms with Gasteiger partial charge in [-0.05, 0) is 72.0 Å². The number of carbonyl (C=O) groups is 1. The van der Waals surface area contributed by atoms with Crippen LogP contribution in [0.25, 0.3) is 22.0 Å². The number of hydrogen-bond acceptors (Lipinski definition) is 3. The number of Topliss-reactive ketones (excluding diaryl/α,β-unsaturated/α-hetero) is 1. The van der Waals surface area contributed by atoms with Crippen LogP contribution in [0.5, 0.6) is 5.75 Å². The fraction of sp³-hybridized carbons (Fsp3) is 0.250. The number of aromatic nitrogens is 1. The first-order valence-electron chi connectivity index (χ1n) is 11.5. The molecule has 1 atom stereocenters. The molecule has 1 aliphatic heterocycles. The van der Waals surface area contributed by atoms with Crippen molar-refractivity contribution in [2.45, 2.75) is 38.3 Å². The molecule has 5 rings (SSSR count). The molecule has 0 amide bonds. The Bertz CT molecular complexity index is 1330. The van der Waals surface area contributed by atoms with Gasteiger partial charge in [-0.2, -0.15) is 0 Å². The first kappa shape index (κ1) is 22.3. The van der Waals surface area contributed by atoms with Crippen molar-refractivity contribution in [3.05, 3.63) is 89.1 Å². The van der Waals surface area contributed by atoms with Crippen LogP contribution in [0.15, 0.2) is 60.7 Å². The van der Waals surface area contributed by atoms with Crippen molar-refractivity contribution in [1.29, 1.82) is 0 Å². The van der Waals surface area contributed by atoms with Crippen molar-refractivity contribution in [3.63, 3.8) is 0 Å². The summed E-state index contributed by atoms with van der Waals surface area (Å²) in [5, 5.41) is 4.48. The predicted octanol–water partition coefficient (Wildman–Crippen LogP) is 6.19. The number of carbonyl (C=O) groups excluding carboxylic acids is 1. The molecule has 1 unspecified atom stereocenters. The summed E-state index contributed by atoms with van der Waals surface area (Å²) in [6.07, 6.45) is 2.72. The minimum absolute atomic E-state index is 0.0216. The van der Waals surface area contributed by atoms with Crippen molar-refractivity contribution in [3.8, 4) is 16.9 Å². The van der Waals surface area contributed by atoms with Gasteiger partial charge < -0.3 is 15.0 Å². The molecule has 6 heteroatoms. The minimum Gasteiger partial charge on any atom is -0.497 e. The quantitative estimate of drug-likeness (QED) is 0.324. The topological polar surface area (TPSA) is 54.1 Å². The first-order valence-corrected chi connectivity index (χ1v) is 11.5. The molecule has 0 radical (unpaired) electrons. The average molecular weight is 461 g/mol. The smallest absolute Gasteiger partial charge is 0.162 e. The zero-order valence-electron chi connectivity index (χ0n) is 19.0. The minimum atomic E-state index is -0.344. The Labute approximate surface area is 197 Å². The number of H-pyrrole nitrogens is 1. The highest BCUT2D eigenvalue weighted by atomic mass is 19.1. The van der Waals surface area contributed by atoms with Crippen LogP contribution in [0.3, 0.4) is 0 Å². The lowest BCUT2D eigenvalue weighted by Gasteiger charge is -2.24. The summed E-state index contributed by atoms with van der Waals surface area (Å²) >= 11 is 0. The zero-order chi connectivity index (χ0) is 23.7. The maximum atomic E-state index is 14.7. The normalized spacial score (nSPS) is 15.3. The van der Waals surface area contributed by atoms with Gasteiger partial charge in [0.25, 0.3) is 0 Å². The van der Waals surface area contributed by atoms with Gasteiger partial charge in [0.05, 0.1) is 12.6 Å². The summed E-state index contributed by atoms with van der Waals surface area (Å²) in [5.41, 5.74) is 5.21. The van der Waals surface area contributed by atoms with Gasteiger partial charge in [-0.3, -0.25) is 4.79 Å². The Hall–Kier alpha value is -3.51. The lowest BCUT2D eigenvalue weighted by atomic mass is 9.93. The SMILES string of the molecule is COc1ccc(-c2ccc(F)c3[nH]c4c(c23)CNC(CCCC(=O)c2ccc(F)cc2)C4)cc1. The van der Waals surface area contributed by atoms with E-state index < -0.39 is 0 Å². The molecule has 2 N–H and O–H groups in total. The number of aromatic amines is 1. The molecule has 4 nitrogen and oxygen atoms in total. The number of ether oxygens (including phenoxy) is 1. The molecule has 34 heavy (non-hydrogen) atoms. The van der Waals surface area contributed by atoms with Crippen LogP contribution in [-0.4, -0.2) is 23.9 Å². The number of ketones is 1. The Morgan fingerprint density at radius 2 is 1.79 bits per heavy atom. The fourth-order valence-corrected chi connectivity index (χ4v) is 4.83. The van der Waals surface area contributed by atoms with Crippen molar-refractivity contribution >= 4 is 16.7 Å². The third kappa shape index (κ3) is 4.33. The van der Waals surface area contributed by atoms with E-state index >= 15 is 0 Å². The van der Waals surface area contributed by atoms with E-state index in [2.05, 4.69) is 10.3 Å². The summed E-state index contributed by atoms with van der Waals surface area (Å²) in [5.74, 6) is 0.195. The number of hydrogen-bond donors (Lipinski definition) is 2. The molecule has 0 saturated carbocycles. The number of benzene rings is 3. The van der Waals surface area contributed by atoms with E-state index in [-0.39, 0.29) is 23.5 Å². The highest BCUT2D eigenvalue weighted by molar-refractivity contribution is 5.99. The molecule has 174 valence electrons. The van der Waals surface area contributed by atoms with E-state index in [0.29, 0.717) is 24.0 Å². The second kappa shape index (κ2) is 9.39. The molecule has 4 aromatic rings. The zero-order valence-corrected chi connectivity index (χ0v) is 19.0. The molecule has 1 aliphatic rings. The predicted molar refractivity (Wildman–Crippen MR) is 129 cm³/mol. The standard InChI is InChI=1S/C28H26F2N2O2/c1-34-21-11-7-17(8-12-21)22-13-14-24(30)28-27(22)23-16-31-20(15-25(23)32-28)3-2-4-26(33)18-5-9-19(29)10-6-18/h5-14,20,31-32H,2-4,15-16H2,1H3. The first-order chi connectivity index (χ1) is 16.5. The van der Waals surface area contributed by atoms with E-state index in [1.807, 2.05) is 30.3 Å². The number of halogens is 2. The van der Waals surface area contributed by atoms with Crippen LogP contribution in [0.2, 0.25) is 0 Å². The van der Waals surface area contributed by atoms with Gasteiger partial charge in [0.1, 0.15) is 17.4 Å². The fourth-order valence-electron chi connectivity index (χ4n) is 4.83. The molecule has 0 saturated heterocycles. The second-order valence-electron chi connectivity index (χ2n) is 8.76. The van der Waals surface area contributed by atoms with Gasteiger partial charge >= 0.3 is 0 Å². The lowest BCUT2D eigenvalue weighted by Crippen LogP contribution is -2.35. The van der Waals surface area contributed by atoms with Crippen LogP contribution in [0.4, 0.5) is 8.78 Å². The molecule has 0 fully saturated rings. The summed E-state index contributed by atoms with van der Waals surface area (Å²) in [4.78, 5) is 15.7. The van der Waals surface area contributed by atoms with Gasteiger partial charge in [0, 0.05) is 42.1 Å². The van der Waals surface area contributed by atoms with Gasteiger partial charge in [0.15, 0.2) is 5.78 Å². The van der Waals surface area contributed by atoms with Crippen LogP contribution in [0.1, 0.15) is 40.9 Å². The Morgan fingerprint density at radius 3 is 2.53 bits per heavy atom. The number of nitrogens with one attached hydrogen (secondary N) is 2. The summed E-state index contributed by atoms with van der Waals surface area (Å²) < 4.78 is 33.1. The second-order valence-corrected chi connectivity index (χ2v) is 8.76. The highest BCUT2D eigenvalue weighted by Gasteiger charge is 2.25. The van der Waals surface area contributed by atoms with Gasteiger partial charge in [0.2, 0.25) is 0 Å². The number of rotatable bonds is 7. The van der Waals surface area contributed by atoms with Gasteiger partial charge in [-0.25, -0.2) is 8.78 Å². The maximum Gasteiger partial charge on any atom is 0.162 e. The van der Waals surface area contributed by atoms with E-state index in [9.17, 15) is 13.6 Å². The van der Waals surface area contributed by atoms with E-state index in [4.69, 9.17) is 4.74 Å². The summed E-state index contributed by atoms with van der Waals surface area (Å²) in [6, 6.07) is 17.0. The Morgan fingerprint density at radius 1 is 1.03 bits per heavy atom. The molecule has 0 spiro atoms. The molecule has 1 aromatic heterocycles. The largest absolute Gasteiger partial charge is 0.497 e. The average Bonchev–Trinajstić information content (AvgIpc) is 3.24. The third-order valence-electron chi connectivity index (χ3n) is 6.64. The van der Waals surface area contributed by atoms with Crippen LogP contribution < -0.4 is 10.1 Å². The third-order valence-corrected chi connectivity index (χ3v) is 6.64. The Balaban J connectivity index is 1.32. The Kier molecular flexibility index (Phi) is 6.16. The van der Waals surface area contributed by atoms with Crippen molar-refractivity contribution in [1.82, 2.24) is 10.3 Å². The van der Waals surface area contributed by atoms with E-state index in [1.165, 1.54) is 30.3 Å².